The van der Waals surface area contributed by atoms with Crippen LogP contribution in [0.4, 0.5) is 8.78 Å². The molecular weight excluding hydrogens is 262 g/mol. The normalized spacial score (nSPS) is 10.4. The molecule has 3 nitrogen and oxygen atoms in total. The largest absolute Gasteiger partial charge is 0.433 e. The van der Waals surface area contributed by atoms with Crippen molar-refractivity contribution >= 4 is 11.6 Å². The highest BCUT2D eigenvalue weighted by atomic mass is 35.5. The van der Waals surface area contributed by atoms with Crippen LogP contribution in [0.25, 0.3) is 0 Å². The first kappa shape index (κ1) is 12.7. The average molecular weight is 271 g/mol. The Balaban J connectivity index is 2.28. The fraction of sp³-hybridized carbons (Fsp3) is 0.0833. The summed E-state index contributed by atoms with van der Waals surface area (Å²) in [6, 6.07) is 5.22. The lowest BCUT2D eigenvalue weighted by Crippen LogP contribution is -1.99. The molecule has 0 atom stereocenters. The van der Waals surface area contributed by atoms with Gasteiger partial charge in [0, 0.05) is 12.7 Å². The van der Waals surface area contributed by atoms with Gasteiger partial charge in [-0.05, 0) is 23.8 Å². The number of ether oxygens (including phenoxy) is 1. The topological polar surface area (TPSA) is 48.1 Å². The zero-order chi connectivity index (χ0) is 13.1. The van der Waals surface area contributed by atoms with Crippen LogP contribution < -0.4 is 10.5 Å². The third-order valence-corrected chi connectivity index (χ3v) is 2.42. The van der Waals surface area contributed by atoms with Crippen molar-refractivity contribution in [2.24, 2.45) is 5.73 Å². The number of pyridine rings is 1. The molecule has 18 heavy (non-hydrogen) atoms. The predicted molar refractivity (Wildman–Crippen MR) is 63.6 cm³/mol. The molecule has 0 saturated heterocycles. The zero-order valence-electron chi connectivity index (χ0n) is 9.16. The fourth-order valence-electron chi connectivity index (χ4n) is 1.34. The standard InChI is InChI=1S/C12H9ClF2N2O/c13-8-4-10(15)12(17-6-8)18-11-2-1-7(5-16)3-9(11)14/h1-4,6H,5,16H2. The van der Waals surface area contributed by atoms with E-state index < -0.39 is 11.6 Å². The Bertz CT molecular complexity index is 578. The Morgan fingerprint density at radius 2 is 2.00 bits per heavy atom. The van der Waals surface area contributed by atoms with Gasteiger partial charge in [-0.3, -0.25) is 0 Å². The number of halogens is 3. The van der Waals surface area contributed by atoms with Crippen molar-refractivity contribution in [1.29, 1.82) is 0 Å². The van der Waals surface area contributed by atoms with Crippen molar-refractivity contribution in [3.05, 3.63) is 52.7 Å². The van der Waals surface area contributed by atoms with Crippen molar-refractivity contribution in [2.45, 2.75) is 6.54 Å². The summed E-state index contributed by atoms with van der Waals surface area (Å²) in [6.45, 7) is 0.213. The van der Waals surface area contributed by atoms with Crippen LogP contribution in [0.5, 0.6) is 11.6 Å². The summed E-state index contributed by atoms with van der Waals surface area (Å²) in [5, 5.41) is 0.138. The minimum absolute atomic E-state index is 0.124. The maximum Gasteiger partial charge on any atom is 0.256 e. The maximum atomic E-state index is 13.6. The highest BCUT2D eigenvalue weighted by Crippen LogP contribution is 2.26. The molecule has 6 heteroatoms. The van der Waals surface area contributed by atoms with Crippen molar-refractivity contribution < 1.29 is 13.5 Å². The summed E-state index contributed by atoms with van der Waals surface area (Å²) in [6.07, 6.45) is 1.21. The van der Waals surface area contributed by atoms with E-state index in [9.17, 15) is 8.78 Å². The van der Waals surface area contributed by atoms with Crippen molar-refractivity contribution in [1.82, 2.24) is 4.98 Å². The van der Waals surface area contributed by atoms with Crippen LogP contribution in [0, 0.1) is 11.6 Å². The fourth-order valence-corrected chi connectivity index (χ4v) is 1.48. The Morgan fingerprint density at radius 3 is 2.61 bits per heavy atom. The first-order chi connectivity index (χ1) is 8.60. The minimum Gasteiger partial charge on any atom is -0.433 e. The predicted octanol–water partition coefficient (Wildman–Crippen LogP) is 3.26. The second kappa shape index (κ2) is 5.29. The van der Waals surface area contributed by atoms with Gasteiger partial charge in [0.05, 0.1) is 5.02 Å². The molecule has 2 rings (SSSR count). The van der Waals surface area contributed by atoms with E-state index in [0.717, 1.165) is 6.07 Å². The average Bonchev–Trinajstić information content (AvgIpc) is 2.34. The lowest BCUT2D eigenvalue weighted by atomic mass is 10.2. The molecule has 1 aromatic heterocycles. The molecule has 2 aromatic rings. The van der Waals surface area contributed by atoms with Crippen LogP contribution in [-0.4, -0.2) is 4.98 Å². The summed E-state index contributed by atoms with van der Waals surface area (Å²) in [7, 11) is 0. The highest BCUT2D eigenvalue weighted by molar-refractivity contribution is 6.30. The summed E-state index contributed by atoms with van der Waals surface area (Å²) in [5.74, 6) is -1.85. The summed E-state index contributed by atoms with van der Waals surface area (Å²) in [5.41, 5.74) is 5.98. The molecule has 0 spiro atoms. The molecule has 0 bridgehead atoms. The third kappa shape index (κ3) is 2.75. The van der Waals surface area contributed by atoms with E-state index in [4.69, 9.17) is 22.1 Å². The van der Waals surface area contributed by atoms with E-state index in [1.54, 1.807) is 6.07 Å². The van der Waals surface area contributed by atoms with Crippen LogP contribution in [0.15, 0.2) is 30.5 Å². The molecule has 0 fully saturated rings. The van der Waals surface area contributed by atoms with Crippen molar-refractivity contribution in [3.63, 3.8) is 0 Å². The second-order valence-corrected chi connectivity index (χ2v) is 3.95. The van der Waals surface area contributed by atoms with Gasteiger partial charge >= 0.3 is 0 Å². The SMILES string of the molecule is NCc1ccc(Oc2ncc(Cl)cc2F)c(F)c1. The van der Waals surface area contributed by atoms with E-state index in [0.29, 0.717) is 5.56 Å². The molecule has 0 radical (unpaired) electrons. The molecule has 0 aliphatic heterocycles. The minimum atomic E-state index is -0.759. The number of rotatable bonds is 3. The first-order valence-corrected chi connectivity index (χ1v) is 5.45. The number of nitrogens with zero attached hydrogens (tertiary/aromatic N) is 1. The van der Waals surface area contributed by atoms with Gasteiger partial charge in [-0.1, -0.05) is 17.7 Å². The molecule has 0 aliphatic carbocycles. The van der Waals surface area contributed by atoms with Gasteiger partial charge in [0.1, 0.15) is 0 Å². The second-order valence-electron chi connectivity index (χ2n) is 3.51. The molecule has 1 aromatic carbocycles. The number of nitrogens with two attached hydrogens (primary N) is 1. The van der Waals surface area contributed by atoms with E-state index in [2.05, 4.69) is 4.98 Å². The van der Waals surface area contributed by atoms with Crippen molar-refractivity contribution in [3.8, 4) is 11.6 Å². The molecular formula is C12H9ClF2N2O. The van der Waals surface area contributed by atoms with Gasteiger partial charge in [-0.15, -0.1) is 0 Å². The van der Waals surface area contributed by atoms with E-state index in [1.165, 1.54) is 18.3 Å². The van der Waals surface area contributed by atoms with Crippen molar-refractivity contribution in [2.75, 3.05) is 0 Å². The first-order valence-electron chi connectivity index (χ1n) is 5.07. The van der Waals surface area contributed by atoms with Gasteiger partial charge in [-0.2, -0.15) is 0 Å². The van der Waals surface area contributed by atoms with Crippen LogP contribution in [-0.2, 0) is 6.54 Å². The molecule has 94 valence electrons. The molecule has 2 N–H and O–H groups in total. The third-order valence-electron chi connectivity index (χ3n) is 2.21. The van der Waals surface area contributed by atoms with Crippen LogP contribution in [0.2, 0.25) is 5.02 Å². The quantitative estimate of drug-likeness (QED) is 0.931. The Kier molecular flexibility index (Phi) is 3.74. The molecule has 0 unspecified atom stereocenters. The summed E-state index contributed by atoms with van der Waals surface area (Å²) in [4.78, 5) is 3.64. The summed E-state index contributed by atoms with van der Waals surface area (Å²) < 4.78 is 32.0. The van der Waals surface area contributed by atoms with Gasteiger partial charge in [0.25, 0.3) is 5.88 Å². The van der Waals surface area contributed by atoms with Gasteiger partial charge in [0.15, 0.2) is 17.4 Å². The van der Waals surface area contributed by atoms with E-state index in [-0.39, 0.29) is 23.2 Å². The van der Waals surface area contributed by atoms with Gasteiger partial charge < -0.3 is 10.5 Å². The molecule has 0 saturated carbocycles. The zero-order valence-corrected chi connectivity index (χ0v) is 9.92. The monoisotopic (exact) mass is 270 g/mol. The number of hydrogen-bond acceptors (Lipinski definition) is 3. The highest BCUT2D eigenvalue weighted by Gasteiger charge is 2.11. The number of benzene rings is 1. The Morgan fingerprint density at radius 1 is 1.22 bits per heavy atom. The Labute approximate surface area is 107 Å². The van der Waals surface area contributed by atoms with Gasteiger partial charge in [-0.25, -0.2) is 13.8 Å². The van der Waals surface area contributed by atoms with E-state index in [1.807, 2.05) is 0 Å². The number of hydrogen-bond donors (Lipinski definition) is 1. The molecule has 0 aliphatic rings. The lowest BCUT2D eigenvalue weighted by molar-refractivity contribution is 0.398. The van der Waals surface area contributed by atoms with Crippen LogP contribution in [0.3, 0.4) is 0 Å². The number of aromatic nitrogens is 1. The molecule has 1 heterocycles. The van der Waals surface area contributed by atoms with Gasteiger partial charge in [0.2, 0.25) is 0 Å². The smallest absolute Gasteiger partial charge is 0.256 e. The van der Waals surface area contributed by atoms with Crippen LogP contribution in [0.1, 0.15) is 5.56 Å². The lowest BCUT2D eigenvalue weighted by Gasteiger charge is -2.07. The van der Waals surface area contributed by atoms with E-state index >= 15 is 0 Å². The van der Waals surface area contributed by atoms with Crippen LogP contribution >= 0.6 is 11.6 Å². The molecule has 0 amide bonds. The Hall–Kier alpha value is -1.72. The summed E-state index contributed by atoms with van der Waals surface area (Å²) >= 11 is 5.54. The maximum absolute atomic E-state index is 13.6.